The van der Waals surface area contributed by atoms with Crippen molar-refractivity contribution in [3.05, 3.63) is 19.2 Å². The van der Waals surface area contributed by atoms with Crippen LogP contribution in [0.2, 0.25) is 0 Å². The number of imide groups is 1. The van der Waals surface area contributed by atoms with E-state index in [1.165, 1.54) is 11.3 Å². The van der Waals surface area contributed by atoms with Gasteiger partial charge in [-0.05, 0) is 51.8 Å². The van der Waals surface area contributed by atoms with E-state index < -0.39 is 5.54 Å². The van der Waals surface area contributed by atoms with Gasteiger partial charge in [0, 0.05) is 5.56 Å². The zero-order valence-corrected chi connectivity index (χ0v) is 14.8. The van der Waals surface area contributed by atoms with Gasteiger partial charge in [-0.3, -0.25) is 24.6 Å². The summed E-state index contributed by atoms with van der Waals surface area (Å²) in [5.74, 6) is -0.894. The lowest BCUT2D eigenvalue weighted by atomic mass is 9.98. The van der Waals surface area contributed by atoms with E-state index in [1.807, 2.05) is 0 Å². The summed E-state index contributed by atoms with van der Waals surface area (Å²) in [6, 6.07) is 1.73. The maximum absolute atomic E-state index is 12.3. The number of carbonyl (C=O) groups is 3. The Morgan fingerprint density at radius 1 is 1.45 bits per heavy atom. The Hall–Kier alpha value is -0.570. The Balaban J connectivity index is 2.20. The van der Waals surface area contributed by atoms with Crippen molar-refractivity contribution >= 4 is 60.8 Å². The van der Waals surface area contributed by atoms with Crippen LogP contribution < -0.4 is 5.32 Å². The molecule has 0 aliphatic carbocycles. The Morgan fingerprint density at radius 2 is 2.10 bits per heavy atom. The molecule has 108 valence electrons. The fourth-order valence-corrected chi connectivity index (χ4v) is 4.73. The lowest BCUT2D eigenvalue weighted by molar-refractivity contribution is -0.144. The standard InChI is InChI=1S/C12H12Br2N2O3S/c1-12(2)11(19)15-9(18)5-16(12)4-7(17)6-3-8(13)20-10(6)14/h3H,4-5H2,1-2H3,(H,15,18,19). The van der Waals surface area contributed by atoms with Gasteiger partial charge in [0.2, 0.25) is 11.8 Å². The Bertz CT molecular complexity index is 598. The van der Waals surface area contributed by atoms with Crippen LogP contribution in [0.15, 0.2) is 13.6 Å². The molecule has 0 radical (unpaired) electrons. The summed E-state index contributed by atoms with van der Waals surface area (Å²) >= 11 is 8.07. The maximum atomic E-state index is 12.3. The van der Waals surface area contributed by atoms with Gasteiger partial charge in [-0.2, -0.15) is 0 Å². The number of amides is 2. The van der Waals surface area contributed by atoms with Gasteiger partial charge >= 0.3 is 0 Å². The van der Waals surface area contributed by atoms with Crippen LogP contribution in [0.4, 0.5) is 0 Å². The number of Topliss-reactive ketones (excluding diaryl/α,β-unsaturated/α-hetero) is 1. The topological polar surface area (TPSA) is 66.5 Å². The van der Waals surface area contributed by atoms with E-state index in [2.05, 4.69) is 37.2 Å². The largest absolute Gasteiger partial charge is 0.294 e. The molecule has 1 saturated heterocycles. The molecule has 1 aliphatic heterocycles. The molecule has 20 heavy (non-hydrogen) atoms. The van der Waals surface area contributed by atoms with Gasteiger partial charge in [0.1, 0.15) is 0 Å². The van der Waals surface area contributed by atoms with Crippen LogP contribution in [0.25, 0.3) is 0 Å². The molecule has 0 saturated carbocycles. The van der Waals surface area contributed by atoms with Gasteiger partial charge in [-0.25, -0.2) is 0 Å². The zero-order chi connectivity index (χ0) is 15.1. The number of hydrogen-bond acceptors (Lipinski definition) is 5. The SMILES string of the molecule is CC1(C)C(=O)NC(=O)CN1CC(=O)c1cc(Br)sc1Br. The first-order chi connectivity index (χ1) is 9.21. The van der Waals surface area contributed by atoms with Crippen LogP contribution >= 0.6 is 43.2 Å². The minimum atomic E-state index is -0.886. The molecule has 1 aliphatic rings. The van der Waals surface area contributed by atoms with Crippen molar-refractivity contribution in [1.29, 1.82) is 0 Å². The molecule has 2 heterocycles. The first kappa shape index (κ1) is 15.8. The summed E-state index contributed by atoms with van der Waals surface area (Å²) in [4.78, 5) is 37.2. The Kier molecular flexibility index (Phi) is 4.48. The number of piperazine rings is 1. The van der Waals surface area contributed by atoms with Crippen molar-refractivity contribution in [3.8, 4) is 0 Å². The van der Waals surface area contributed by atoms with Gasteiger partial charge in [0.25, 0.3) is 0 Å². The van der Waals surface area contributed by atoms with Crippen molar-refractivity contribution in [2.24, 2.45) is 0 Å². The van der Waals surface area contributed by atoms with Gasteiger partial charge in [0.15, 0.2) is 5.78 Å². The molecule has 0 unspecified atom stereocenters. The highest BCUT2D eigenvalue weighted by Gasteiger charge is 2.41. The third-order valence-electron chi connectivity index (χ3n) is 3.23. The first-order valence-corrected chi connectivity index (χ1v) is 8.19. The summed E-state index contributed by atoms with van der Waals surface area (Å²) in [6.07, 6.45) is 0. The predicted octanol–water partition coefficient (Wildman–Crippen LogP) is 2.19. The molecule has 2 amide bonds. The van der Waals surface area contributed by atoms with E-state index >= 15 is 0 Å². The fraction of sp³-hybridized carbons (Fsp3) is 0.417. The summed E-state index contributed by atoms with van der Waals surface area (Å²) in [6.45, 7) is 3.45. The highest BCUT2D eigenvalue weighted by Crippen LogP contribution is 2.32. The second kappa shape index (κ2) is 5.67. The van der Waals surface area contributed by atoms with Crippen LogP contribution in [0.3, 0.4) is 0 Å². The average molecular weight is 424 g/mol. The second-order valence-electron chi connectivity index (χ2n) is 4.95. The third-order valence-corrected chi connectivity index (χ3v) is 5.56. The fourth-order valence-electron chi connectivity index (χ4n) is 1.88. The predicted molar refractivity (Wildman–Crippen MR) is 82.9 cm³/mol. The summed E-state index contributed by atoms with van der Waals surface area (Å²) < 4.78 is 1.58. The molecule has 1 N–H and O–H groups in total. The minimum Gasteiger partial charge on any atom is -0.294 e. The number of halogens is 2. The molecule has 8 heteroatoms. The van der Waals surface area contributed by atoms with E-state index in [0.29, 0.717) is 5.56 Å². The van der Waals surface area contributed by atoms with Gasteiger partial charge in [-0.15, -0.1) is 11.3 Å². The quantitative estimate of drug-likeness (QED) is 0.597. The molecule has 0 spiro atoms. The van der Waals surface area contributed by atoms with Crippen LogP contribution in [-0.4, -0.2) is 41.1 Å². The molecule has 1 aromatic rings. The average Bonchev–Trinajstić information content (AvgIpc) is 2.65. The summed E-state index contributed by atoms with van der Waals surface area (Å²) in [7, 11) is 0. The van der Waals surface area contributed by atoms with Crippen molar-refractivity contribution in [2.45, 2.75) is 19.4 Å². The smallest absolute Gasteiger partial charge is 0.246 e. The molecule has 0 atom stereocenters. The molecule has 1 fully saturated rings. The van der Waals surface area contributed by atoms with E-state index in [-0.39, 0.29) is 30.7 Å². The molecular weight excluding hydrogens is 412 g/mol. The van der Waals surface area contributed by atoms with Gasteiger partial charge in [0.05, 0.1) is 26.2 Å². The van der Waals surface area contributed by atoms with Crippen molar-refractivity contribution in [1.82, 2.24) is 10.2 Å². The normalized spacial score (nSPS) is 19.0. The lowest BCUT2D eigenvalue weighted by Gasteiger charge is -2.39. The highest BCUT2D eigenvalue weighted by molar-refractivity contribution is 9.12. The molecule has 0 bridgehead atoms. The summed E-state index contributed by atoms with van der Waals surface area (Å²) in [5, 5.41) is 2.28. The van der Waals surface area contributed by atoms with E-state index in [0.717, 1.165) is 7.57 Å². The molecule has 1 aromatic heterocycles. The van der Waals surface area contributed by atoms with Gasteiger partial charge < -0.3 is 0 Å². The van der Waals surface area contributed by atoms with Crippen LogP contribution in [-0.2, 0) is 9.59 Å². The van der Waals surface area contributed by atoms with E-state index in [1.54, 1.807) is 24.8 Å². The number of ketones is 1. The number of hydrogen-bond donors (Lipinski definition) is 1. The number of nitrogens with zero attached hydrogens (tertiary/aromatic N) is 1. The minimum absolute atomic E-state index is 0.0218. The first-order valence-electron chi connectivity index (χ1n) is 5.79. The number of carbonyl (C=O) groups excluding carboxylic acids is 3. The van der Waals surface area contributed by atoms with E-state index in [4.69, 9.17) is 0 Å². The third kappa shape index (κ3) is 3.03. The van der Waals surface area contributed by atoms with E-state index in [9.17, 15) is 14.4 Å². The number of nitrogens with one attached hydrogen (secondary N) is 1. The number of rotatable bonds is 3. The van der Waals surface area contributed by atoms with Gasteiger partial charge in [-0.1, -0.05) is 0 Å². The monoisotopic (exact) mass is 422 g/mol. The lowest BCUT2D eigenvalue weighted by Crippen LogP contribution is -2.64. The zero-order valence-electron chi connectivity index (χ0n) is 10.8. The Labute approximate surface area is 137 Å². The molecule has 2 rings (SSSR count). The maximum Gasteiger partial charge on any atom is 0.246 e. The van der Waals surface area contributed by atoms with Crippen molar-refractivity contribution in [3.63, 3.8) is 0 Å². The molecule has 5 nitrogen and oxygen atoms in total. The van der Waals surface area contributed by atoms with Crippen LogP contribution in [0, 0.1) is 0 Å². The highest BCUT2D eigenvalue weighted by atomic mass is 79.9. The van der Waals surface area contributed by atoms with Crippen molar-refractivity contribution < 1.29 is 14.4 Å². The summed E-state index contributed by atoms with van der Waals surface area (Å²) in [5.41, 5.74) is -0.334. The van der Waals surface area contributed by atoms with Crippen LogP contribution in [0.5, 0.6) is 0 Å². The second-order valence-corrected chi connectivity index (χ2v) is 8.70. The van der Waals surface area contributed by atoms with Crippen LogP contribution in [0.1, 0.15) is 24.2 Å². The van der Waals surface area contributed by atoms with Crippen molar-refractivity contribution in [2.75, 3.05) is 13.1 Å². The Morgan fingerprint density at radius 3 is 2.65 bits per heavy atom. The molecular formula is C12H12Br2N2O3S. The molecule has 0 aromatic carbocycles. The number of thiophene rings is 1.